The van der Waals surface area contributed by atoms with Crippen LogP contribution in [0.3, 0.4) is 0 Å². The van der Waals surface area contributed by atoms with Crippen molar-refractivity contribution < 1.29 is 4.42 Å². The lowest BCUT2D eigenvalue weighted by molar-refractivity contribution is 0.666. The predicted molar refractivity (Wildman–Crippen MR) is 258 cm³/mol. The Hall–Kier alpha value is -8.61. The summed E-state index contributed by atoms with van der Waals surface area (Å²) in [5.74, 6) is 1.86. The molecular weight excluding hydrogens is 771 g/mol. The predicted octanol–water partition coefficient (Wildman–Crippen LogP) is 14.6. The van der Waals surface area contributed by atoms with Gasteiger partial charge >= 0.3 is 0 Å². The second kappa shape index (κ2) is 14.0. The molecule has 0 fully saturated rings. The van der Waals surface area contributed by atoms with E-state index in [-0.39, 0.29) is 0 Å². The minimum atomic E-state index is 0.606. The molecular formula is C57H35N5O. The van der Waals surface area contributed by atoms with Crippen molar-refractivity contribution in [3.05, 3.63) is 212 Å². The highest BCUT2D eigenvalue weighted by Gasteiger charge is 2.20. The summed E-state index contributed by atoms with van der Waals surface area (Å²) < 4.78 is 11.5. The van der Waals surface area contributed by atoms with Gasteiger partial charge in [0.2, 0.25) is 0 Å². The molecule has 9 aromatic carbocycles. The first-order valence-corrected chi connectivity index (χ1v) is 21.2. The van der Waals surface area contributed by atoms with E-state index in [9.17, 15) is 0 Å². The van der Waals surface area contributed by atoms with E-state index >= 15 is 0 Å². The summed E-state index contributed by atoms with van der Waals surface area (Å²) in [5, 5.41) is 6.87. The van der Waals surface area contributed by atoms with Gasteiger partial charge in [-0.1, -0.05) is 140 Å². The number of furan rings is 1. The SMILES string of the molecule is c1ccc(-c2nc(-c3ccccc3)nc(-c3ccc4oc5c(-n6c7ccccc7c7cc(-c8ccc9c(c8)c8ccccc8n9-c8ccccc8)ccc76)cccc5c4c3)n2)cc1. The molecule has 294 valence electrons. The van der Waals surface area contributed by atoms with Gasteiger partial charge < -0.3 is 13.6 Å². The molecule has 0 aliphatic rings. The summed E-state index contributed by atoms with van der Waals surface area (Å²) >= 11 is 0. The molecule has 4 heterocycles. The van der Waals surface area contributed by atoms with E-state index in [1.165, 1.54) is 43.7 Å². The third-order valence-corrected chi connectivity index (χ3v) is 12.4. The van der Waals surface area contributed by atoms with Crippen LogP contribution in [0.25, 0.3) is 122 Å². The summed E-state index contributed by atoms with van der Waals surface area (Å²) in [6.07, 6.45) is 0. The van der Waals surface area contributed by atoms with Crippen LogP contribution in [0.4, 0.5) is 0 Å². The Morgan fingerprint density at radius 3 is 1.38 bits per heavy atom. The van der Waals surface area contributed by atoms with Crippen LogP contribution >= 0.6 is 0 Å². The zero-order valence-corrected chi connectivity index (χ0v) is 33.9. The Balaban J connectivity index is 0.948. The van der Waals surface area contributed by atoms with Gasteiger partial charge in [-0.2, -0.15) is 0 Å². The molecule has 6 nitrogen and oxygen atoms in total. The maximum atomic E-state index is 6.81. The lowest BCUT2D eigenvalue weighted by Gasteiger charge is -2.10. The minimum absolute atomic E-state index is 0.606. The Morgan fingerprint density at radius 2 is 0.762 bits per heavy atom. The summed E-state index contributed by atoms with van der Waals surface area (Å²) in [5.41, 5.74) is 13.5. The lowest BCUT2D eigenvalue weighted by Crippen LogP contribution is -2.00. The van der Waals surface area contributed by atoms with E-state index in [0.717, 1.165) is 61.0 Å². The number of aromatic nitrogens is 5. The highest BCUT2D eigenvalue weighted by molar-refractivity contribution is 6.15. The Bertz CT molecular complexity index is 3850. The Morgan fingerprint density at radius 1 is 0.302 bits per heavy atom. The van der Waals surface area contributed by atoms with Crippen molar-refractivity contribution in [1.29, 1.82) is 0 Å². The fraction of sp³-hybridized carbons (Fsp3) is 0. The van der Waals surface area contributed by atoms with E-state index in [1.54, 1.807) is 0 Å². The van der Waals surface area contributed by atoms with Crippen molar-refractivity contribution in [3.8, 4) is 56.7 Å². The number of hydrogen-bond donors (Lipinski definition) is 0. The van der Waals surface area contributed by atoms with Gasteiger partial charge in [0.25, 0.3) is 0 Å². The Labute approximate surface area is 361 Å². The van der Waals surface area contributed by atoms with Gasteiger partial charge in [-0.15, -0.1) is 0 Å². The standard InChI is InChI=1S/C57H35N5O/c1-4-15-36(16-5-1)55-58-56(37-17-6-2-7-18-37)60-57(59-55)40-29-32-53-47(35-40)44-23-14-26-52(54(44)63-53)62-49-25-13-11-22-43(49)46-34-39(28-31-51(46)62)38-27-30-50-45(33-38)42-21-10-12-24-48(42)61(50)41-19-8-3-9-20-41/h1-35H. The van der Waals surface area contributed by atoms with E-state index < -0.39 is 0 Å². The van der Waals surface area contributed by atoms with Crippen LogP contribution in [0, 0.1) is 0 Å². The molecule has 63 heavy (non-hydrogen) atoms. The van der Waals surface area contributed by atoms with Crippen molar-refractivity contribution in [1.82, 2.24) is 24.1 Å². The van der Waals surface area contributed by atoms with Crippen LogP contribution in [0.15, 0.2) is 217 Å². The lowest BCUT2D eigenvalue weighted by atomic mass is 10.0. The second-order valence-corrected chi connectivity index (χ2v) is 16.0. The molecule has 13 aromatic rings. The van der Waals surface area contributed by atoms with Crippen molar-refractivity contribution in [2.24, 2.45) is 0 Å². The quantitative estimate of drug-likeness (QED) is 0.168. The van der Waals surface area contributed by atoms with Gasteiger partial charge in [0.15, 0.2) is 23.1 Å². The molecule has 0 saturated carbocycles. The molecule has 0 atom stereocenters. The van der Waals surface area contributed by atoms with Crippen LogP contribution in [0.1, 0.15) is 0 Å². The number of rotatable bonds is 6. The number of fused-ring (bicyclic) bond motifs is 9. The number of benzene rings is 9. The van der Waals surface area contributed by atoms with Gasteiger partial charge in [-0.3, -0.25) is 0 Å². The second-order valence-electron chi connectivity index (χ2n) is 16.0. The first-order chi connectivity index (χ1) is 31.2. The third-order valence-electron chi connectivity index (χ3n) is 12.4. The van der Waals surface area contributed by atoms with Gasteiger partial charge in [0, 0.05) is 54.7 Å². The van der Waals surface area contributed by atoms with Crippen LogP contribution in [0.5, 0.6) is 0 Å². The van der Waals surface area contributed by atoms with Crippen LogP contribution in [-0.2, 0) is 0 Å². The summed E-state index contributed by atoms with van der Waals surface area (Å²) in [4.78, 5) is 14.9. The molecule has 0 unspecified atom stereocenters. The maximum absolute atomic E-state index is 6.81. The molecule has 0 radical (unpaired) electrons. The van der Waals surface area contributed by atoms with Gasteiger partial charge in [-0.25, -0.2) is 15.0 Å². The molecule has 4 aromatic heterocycles. The third kappa shape index (κ3) is 5.62. The molecule has 0 spiro atoms. The average Bonchev–Trinajstić information content (AvgIpc) is 4.02. The maximum Gasteiger partial charge on any atom is 0.164 e. The summed E-state index contributed by atoms with van der Waals surface area (Å²) in [7, 11) is 0. The Kier molecular flexibility index (Phi) is 7.80. The van der Waals surface area contributed by atoms with Crippen molar-refractivity contribution in [2.45, 2.75) is 0 Å². The number of hydrogen-bond acceptors (Lipinski definition) is 4. The minimum Gasteiger partial charge on any atom is -0.454 e. The zero-order chi connectivity index (χ0) is 41.4. The molecule has 13 rings (SSSR count). The first-order valence-electron chi connectivity index (χ1n) is 21.2. The summed E-state index contributed by atoms with van der Waals surface area (Å²) in [6, 6.07) is 74.5. The molecule has 0 bridgehead atoms. The van der Waals surface area contributed by atoms with Gasteiger partial charge in [0.1, 0.15) is 5.58 Å². The molecule has 0 amide bonds. The van der Waals surface area contributed by atoms with E-state index in [4.69, 9.17) is 19.4 Å². The van der Waals surface area contributed by atoms with Crippen LogP contribution in [-0.4, -0.2) is 24.1 Å². The van der Waals surface area contributed by atoms with Gasteiger partial charge in [0.05, 0.1) is 27.8 Å². The van der Waals surface area contributed by atoms with Crippen molar-refractivity contribution in [2.75, 3.05) is 0 Å². The average molecular weight is 806 g/mol. The highest BCUT2D eigenvalue weighted by Crippen LogP contribution is 2.41. The first kappa shape index (κ1) is 35.2. The highest BCUT2D eigenvalue weighted by atomic mass is 16.3. The van der Waals surface area contributed by atoms with Crippen LogP contribution in [0.2, 0.25) is 0 Å². The largest absolute Gasteiger partial charge is 0.454 e. The zero-order valence-electron chi connectivity index (χ0n) is 33.9. The fourth-order valence-electron chi connectivity index (χ4n) is 9.46. The number of para-hydroxylation sites is 4. The van der Waals surface area contributed by atoms with Crippen molar-refractivity contribution in [3.63, 3.8) is 0 Å². The monoisotopic (exact) mass is 805 g/mol. The number of nitrogens with zero attached hydrogens (tertiary/aromatic N) is 5. The van der Waals surface area contributed by atoms with E-state index in [1.807, 2.05) is 72.8 Å². The van der Waals surface area contributed by atoms with Gasteiger partial charge in [-0.05, 0) is 83.9 Å². The molecule has 0 aliphatic heterocycles. The normalized spacial score (nSPS) is 11.8. The molecule has 6 heteroatoms. The van der Waals surface area contributed by atoms with E-state index in [2.05, 4.69) is 149 Å². The topological polar surface area (TPSA) is 61.7 Å². The van der Waals surface area contributed by atoms with Crippen molar-refractivity contribution >= 4 is 65.6 Å². The fourth-order valence-corrected chi connectivity index (χ4v) is 9.46. The molecule has 0 N–H and O–H groups in total. The molecule has 0 saturated heterocycles. The van der Waals surface area contributed by atoms with Crippen LogP contribution < -0.4 is 0 Å². The van der Waals surface area contributed by atoms with E-state index in [0.29, 0.717) is 17.5 Å². The molecule has 0 aliphatic carbocycles. The smallest absolute Gasteiger partial charge is 0.164 e. The summed E-state index contributed by atoms with van der Waals surface area (Å²) in [6.45, 7) is 0.